The minimum Gasteiger partial charge on any atom is -0.493 e. The number of anilines is 1. The molecule has 1 unspecified atom stereocenters. The van der Waals surface area contributed by atoms with E-state index in [9.17, 15) is 9.00 Å². The molecule has 0 spiro atoms. The van der Waals surface area contributed by atoms with Gasteiger partial charge in [0, 0.05) is 21.9 Å². The maximum atomic E-state index is 13.0. The maximum absolute atomic E-state index is 13.0. The van der Waals surface area contributed by atoms with E-state index in [0.29, 0.717) is 34.4 Å². The maximum Gasteiger partial charge on any atom is 0.256 e. The Morgan fingerprint density at radius 2 is 1.86 bits per heavy atom. The average Bonchev–Trinajstić information content (AvgIpc) is 3.24. The second kappa shape index (κ2) is 7.71. The summed E-state index contributed by atoms with van der Waals surface area (Å²) in [5.41, 5.74) is 3.90. The molecule has 1 amide bonds. The quantitative estimate of drug-likeness (QED) is 0.697. The van der Waals surface area contributed by atoms with Crippen molar-refractivity contribution in [2.24, 2.45) is 0 Å². The van der Waals surface area contributed by atoms with E-state index in [-0.39, 0.29) is 5.91 Å². The van der Waals surface area contributed by atoms with Gasteiger partial charge in [0.15, 0.2) is 11.5 Å². The molecule has 1 aromatic heterocycles. The number of aromatic nitrogens is 2. The number of methoxy groups -OCH3 is 2. The van der Waals surface area contributed by atoms with Crippen LogP contribution in [0.1, 0.15) is 27.2 Å². The number of para-hydroxylation sites is 1. The summed E-state index contributed by atoms with van der Waals surface area (Å²) < 4.78 is 24.3. The Labute approximate surface area is 171 Å². The zero-order valence-corrected chi connectivity index (χ0v) is 17.2. The number of rotatable bonds is 5. The number of benzene rings is 2. The van der Waals surface area contributed by atoms with Crippen LogP contribution in [0.2, 0.25) is 0 Å². The largest absolute Gasteiger partial charge is 0.493 e. The Morgan fingerprint density at radius 3 is 2.59 bits per heavy atom. The lowest BCUT2D eigenvalue weighted by atomic mass is 10.1. The van der Waals surface area contributed by atoms with Crippen LogP contribution < -0.4 is 14.8 Å². The van der Waals surface area contributed by atoms with Crippen LogP contribution in [0.3, 0.4) is 0 Å². The number of carbonyl (C=O) groups is 1. The number of aryl methyl sites for hydroxylation is 1. The standard InChI is InChI=1S/C21H21N3O4S/c1-13-6-4-5-7-17(13)24-20(15-11-29(26)12-16(15)23-24)22-21(25)14-8-9-18(27-2)19(10-14)28-3/h4-10H,11-12H2,1-3H3,(H,22,25). The first-order chi connectivity index (χ1) is 14.0. The van der Waals surface area contributed by atoms with Crippen LogP contribution in [0.5, 0.6) is 11.5 Å². The van der Waals surface area contributed by atoms with Crippen molar-refractivity contribution in [1.82, 2.24) is 9.78 Å². The summed E-state index contributed by atoms with van der Waals surface area (Å²) in [5, 5.41) is 7.62. The minimum atomic E-state index is -1.00. The zero-order chi connectivity index (χ0) is 20.5. The molecule has 8 heteroatoms. The van der Waals surface area contributed by atoms with Gasteiger partial charge < -0.3 is 14.8 Å². The van der Waals surface area contributed by atoms with Crippen LogP contribution in [0, 0.1) is 6.92 Å². The van der Waals surface area contributed by atoms with Crippen molar-refractivity contribution in [2.75, 3.05) is 19.5 Å². The number of hydrogen-bond acceptors (Lipinski definition) is 5. The van der Waals surface area contributed by atoms with E-state index >= 15 is 0 Å². The monoisotopic (exact) mass is 411 g/mol. The molecule has 2 heterocycles. The summed E-state index contributed by atoms with van der Waals surface area (Å²) in [4.78, 5) is 13.0. The average molecular weight is 411 g/mol. The van der Waals surface area contributed by atoms with Crippen molar-refractivity contribution in [3.8, 4) is 17.2 Å². The third-order valence-corrected chi connectivity index (χ3v) is 6.10. The fraction of sp³-hybridized carbons (Fsp3) is 0.238. The SMILES string of the molecule is COc1ccc(C(=O)Nc2c3c(nn2-c2ccccc2C)CS(=O)C3)cc1OC. The van der Waals surface area contributed by atoms with Crippen molar-refractivity contribution >= 4 is 22.5 Å². The number of fused-ring (bicyclic) bond motifs is 1. The van der Waals surface area contributed by atoms with Crippen molar-refractivity contribution < 1.29 is 18.5 Å². The predicted octanol–water partition coefficient (Wildman–Crippen LogP) is 3.21. The topological polar surface area (TPSA) is 82.5 Å². The van der Waals surface area contributed by atoms with E-state index in [4.69, 9.17) is 9.47 Å². The van der Waals surface area contributed by atoms with Gasteiger partial charge in [0.2, 0.25) is 0 Å². The fourth-order valence-electron chi connectivity index (χ4n) is 3.39. The molecule has 150 valence electrons. The molecule has 7 nitrogen and oxygen atoms in total. The Balaban J connectivity index is 1.74. The number of ether oxygens (including phenoxy) is 2. The van der Waals surface area contributed by atoms with Crippen molar-refractivity contribution in [1.29, 1.82) is 0 Å². The van der Waals surface area contributed by atoms with E-state index in [2.05, 4.69) is 10.4 Å². The smallest absolute Gasteiger partial charge is 0.256 e. The molecule has 0 saturated heterocycles. The van der Waals surface area contributed by atoms with Gasteiger partial charge in [-0.25, -0.2) is 4.68 Å². The lowest BCUT2D eigenvalue weighted by Crippen LogP contribution is -2.17. The van der Waals surface area contributed by atoms with Gasteiger partial charge >= 0.3 is 0 Å². The molecule has 0 fully saturated rings. The highest BCUT2D eigenvalue weighted by atomic mass is 32.2. The molecule has 1 aliphatic heterocycles. The number of carbonyl (C=O) groups excluding carboxylic acids is 1. The van der Waals surface area contributed by atoms with Gasteiger partial charge in [0.05, 0.1) is 37.1 Å². The number of nitrogens with one attached hydrogen (secondary N) is 1. The molecule has 3 aromatic rings. The molecular formula is C21H21N3O4S. The van der Waals surface area contributed by atoms with Crippen LogP contribution >= 0.6 is 0 Å². The van der Waals surface area contributed by atoms with Gasteiger partial charge in [-0.05, 0) is 36.8 Å². The molecule has 4 rings (SSSR count). The second-order valence-corrected chi connectivity index (χ2v) is 8.18. The zero-order valence-electron chi connectivity index (χ0n) is 16.4. The van der Waals surface area contributed by atoms with E-state index in [0.717, 1.165) is 22.5 Å². The first-order valence-corrected chi connectivity index (χ1v) is 10.6. The summed E-state index contributed by atoms with van der Waals surface area (Å²) in [7, 11) is 2.07. The highest BCUT2D eigenvalue weighted by Gasteiger charge is 2.29. The Bertz CT molecular complexity index is 1120. The highest BCUT2D eigenvalue weighted by molar-refractivity contribution is 7.83. The number of amides is 1. The molecule has 0 bridgehead atoms. The van der Waals surface area contributed by atoms with E-state index in [1.807, 2.05) is 31.2 Å². The third-order valence-electron chi connectivity index (χ3n) is 4.89. The molecular weight excluding hydrogens is 390 g/mol. The lowest BCUT2D eigenvalue weighted by molar-refractivity contribution is 0.102. The van der Waals surface area contributed by atoms with E-state index in [1.54, 1.807) is 30.0 Å². The highest BCUT2D eigenvalue weighted by Crippen LogP contribution is 2.33. The first kappa shape index (κ1) is 19.2. The van der Waals surface area contributed by atoms with E-state index in [1.165, 1.54) is 7.11 Å². The summed E-state index contributed by atoms with van der Waals surface area (Å²) in [6.45, 7) is 1.99. The van der Waals surface area contributed by atoms with Crippen molar-refractivity contribution in [3.63, 3.8) is 0 Å². The first-order valence-electron chi connectivity index (χ1n) is 9.07. The van der Waals surface area contributed by atoms with Gasteiger partial charge in [-0.15, -0.1) is 0 Å². The fourth-order valence-corrected chi connectivity index (χ4v) is 4.65. The van der Waals surface area contributed by atoms with Crippen molar-refractivity contribution in [2.45, 2.75) is 18.4 Å². The summed E-state index contributed by atoms with van der Waals surface area (Å²) in [6.07, 6.45) is 0. The lowest BCUT2D eigenvalue weighted by Gasteiger charge is -2.14. The molecule has 0 saturated carbocycles. The molecule has 1 aliphatic rings. The van der Waals surface area contributed by atoms with Crippen LogP contribution in [0.4, 0.5) is 5.82 Å². The Kier molecular flexibility index (Phi) is 5.10. The molecule has 0 radical (unpaired) electrons. The third kappa shape index (κ3) is 3.51. The van der Waals surface area contributed by atoms with Crippen LogP contribution in [0.25, 0.3) is 5.69 Å². The molecule has 2 aromatic carbocycles. The van der Waals surface area contributed by atoms with Gasteiger partial charge in [0.25, 0.3) is 5.91 Å². The van der Waals surface area contributed by atoms with Crippen molar-refractivity contribution in [3.05, 3.63) is 64.8 Å². The van der Waals surface area contributed by atoms with Crippen LogP contribution in [-0.2, 0) is 22.3 Å². The van der Waals surface area contributed by atoms with Gasteiger partial charge in [-0.1, -0.05) is 18.2 Å². The minimum absolute atomic E-state index is 0.304. The van der Waals surface area contributed by atoms with E-state index < -0.39 is 10.8 Å². The molecule has 29 heavy (non-hydrogen) atoms. The summed E-state index contributed by atoms with van der Waals surface area (Å²) in [6, 6.07) is 12.8. The molecule has 0 aliphatic carbocycles. The second-order valence-electron chi connectivity index (χ2n) is 6.72. The predicted molar refractivity (Wildman–Crippen MR) is 111 cm³/mol. The summed E-state index contributed by atoms with van der Waals surface area (Å²) >= 11 is 0. The van der Waals surface area contributed by atoms with Crippen LogP contribution in [-0.4, -0.2) is 34.1 Å². The Hall–Kier alpha value is -3.13. The van der Waals surface area contributed by atoms with Crippen LogP contribution in [0.15, 0.2) is 42.5 Å². The Morgan fingerprint density at radius 1 is 1.10 bits per heavy atom. The normalized spacial score (nSPS) is 15.1. The van der Waals surface area contributed by atoms with Gasteiger partial charge in [-0.2, -0.15) is 5.10 Å². The number of nitrogens with zero attached hydrogens (tertiary/aromatic N) is 2. The molecule has 1 atom stereocenters. The van der Waals surface area contributed by atoms with Gasteiger partial charge in [0.1, 0.15) is 5.82 Å². The number of hydrogen-bond donors (Lipinski definition) is 1. The molecule has 1 N–H and O–H groups in total. The summed E-state index contributed by atoms with van der Waals surface area (Å²) in [5.74, 6) is 2.04. The van der Waals surface area contributed by atoms with Gasteiger partial charge in [-0.3, -0.25) is 9.00 Å².